The first kappa shape index (κ1) is 15.2. The van der Waals surface area contributed by atoms with E-state index in [0.717, 1.165) is 27.6 Å². The second-order valence-corrected chi connectivity index (χ2v) is 5.92. The van der Waals surface area contributed by atoms with E-state index in [1.165, 1.54) is 0 Å². The van der Waals surface area contributed by atoms with E-state index >= 15 is 0 Å². The van der Waals surface area contributed by atoms with Crippen LogP contribution in [0.5, 0.6) is 5.75 Å². The number of methoxy groups -OCH3 is 1. The molecule has 0 fully saturated rings. The van der Waals surface area contributed by atoms with Gasteiger partial charge >= 0.3 is 0 Å². The van der Waals surface area contributed by atoms with E-state index in [9.17, 15) is 4.79 Å². The highest BCUT2D eigenvalue weighted by atomic mass is 79.9. The van der Waals surface area contributed by atoms with Crippen molar-refractivity contribution in [2.45, 2.75) is 40.5 Å². The van der Waals surface area contributed by atoms with Gasteiger partial charge in [-0.25, -0.2) is 0 Å². The lowest BCUT2D eigenvalue weighted by Crippen LogP contribution is -2.08. The lowest BCUT2D eigenvalue weighted by atomic mass is 9.95. The molecule has 0 aromatic heterocycles. The summed E-state index contributed by atoms with van der Waals surface area (Å²) in [6.45, 7) is 8.17. The van der Waals surface area contributed by atoms with Crippen molar-refractivity contribution in [1.82, 2.24) is 0 Å². The molecule has 2 nitrogen and oxygen atoms in total. The molecule has 18 heavy (non-hydrogen) atoms. The van der Waals surface area contributed by atoms with E-state index in [1.54, 1.807) is 7.11 Å². The van der Waals surface area contributed by atoms with Gasteiger partial charge in [-0.15, -0.1) is 0 Å². The molecule has 0 bridgehead atoms. The van der Waals surface area contributed by atoms with Crippen molar-refractivity contribution < 1.29 is 9.53 Å². The molecule has 0 atom stereocenters. The monoisotopic (exact) mass is 312 g/mol. The summed E-state index contributed by atoms with van der Waals surface area (Å²) in [6, 6.07) is 1.99. The number of hydrogen-bond acceptors (Lipinski definition) is 2. The largest absolute Gasteiger partial charge is 0.496 e. The number of carbonyl (C=O) groups is 1. The SMILES string of the molecule is COc1c(C)cc(Br)c(C)c1C(=O)CCC(C)C. The zero-order chi connectivity index (χ0) is 13.9. The smallest absolute Gasteiger partial charge is 0.166 e. The zero-order valence-electron chi connectivity index (χ0n) is 11.8. The molecule has 0 saturated heterocycles. The molecule has 1 aromatic rings. The van der Waals surface area contributed by atoms with Gasteiger partial charge in [-0.2, -0.15) is 0 Å². The van der Waals surface area contributed by atoms with Crippen LogP contribution in [0.15, 0.2) is 10.5 Å². The summed E-state index contributed by atoms with van der Waals surface area (Å²) < 4.78 is 6.36. The molecule has 0 radical (unpaired) electrons. The Morgan fingerprint density at radius 2 is 2.00 bits per heavy atom. The van der Waals surface area contributed by atoms with Crippen molar-refractivity contribution in [2.75, 3.05) is 7.11 Å². The van der Waals surface area contributed by atoms with E-state index in [1.807, 2.05) is 19.9 Å². The summed E-state index contributed by atoms with van der Waals surface area (Å²) in [6.07, 6.45) is 1.48. The third kappa shape index (κ3) is 3.35. The molecule has 0 aliphatic carbocycles. The van der Waals surface area contributed by atoms with E-state index in [-0.39, 0.29) is 5.78 Å². The number of Topliss-reactive ketones (excluding diaryl/α,β-unsaturated/α-hetero) is 1. The van der Waals surface area contributed by atoms with Gasteiger partial charge in [0.25, 0.3) is 0 Å². The topological polar surface area (TPSA) is 26.3 Å². The number of halogens is 1. The molecule has 0 saturated carbocycles. The van der Waals surface area contributed by atoms with Gasteiger partial charge in [-0.1, -0.05) is 29.8 Å². The number of ether oxygens (including phenoxy) is 1. The van der Waals surface area contributed by atoms with E-state index in [0.29, 0.717) is 18.1 Å². The normalized spacial score (nSPS) is 10.8. The Morgan fingerprint density at radius 3 is 2.50 bits per heavy atom. The molecule has 0 unspecified atom stereocenters. The van der Waals surface area contributed by atoms with Crippen molar-refractivity contribution in [3.8, 4) is 5.75 Å². The van der Waals surface area contributed by atoms with Crippen LogP contribution in [0.1, 0.15) is 48.2 Å². The number of rotatable bonds is 5. The van der Waals surface area contributed by atoms with Crippen molar-refractivity contribution in [3.63, 3.8) is 0 Å². The fourth-order valence-electron chi connectivity index (χ4n) is 1.99. The molecule has 1 aromatic carbocycles. The third-order valence-electron chi connectivity index (χ3n) is 3.09. The maximum Gasteiger partial charge on any atom is 0.166 e. The van der Waals surface area contributed by atoms with Gasteiger partial charge in [0, 0.05) is 10.9 Å². The highest BCUT2D eigenvalue weighted by molar-refractivity contribution is 9.10. The summed E-state index contributed by atoms with van der Waals surface area (Å²) in [5.74, 6) is 1.42. The Balaban J connectivity index is 3.17. The maximum absolute atomic E-state index is 12.4. The van der Waals surface area contributed by atoms with Crippen LogP contribution < -0.4 is 4.74 Å². The van der Waals surface area contributed by atoms with Gasteiger partial charge in [0.05, 0.1) is 12.7 Å². The van der Waals surface area contributed by atoms with Crippen molar-refractivity contribution >= 4 is 21.7 Å². The Morgan fingerprint density at radius 1 is 1.39 bits per heavy atom. The fourth-order valence-corrected chi connectivity index (χ4v) is 2.54. The third-order valence-corrected chi connectivity index (χ3v) is 3.92. The Hall–Kier alpha value is -0.830. The van der Waals surface area contributed by atoms with Crippen LogP contribution in [0, 0.1) is 19.8 Å². The van der Waals surface area contributed by atoms with E-state index < -0.39 is 0 Å². The standard InChI is InChI=1S/C15H21BrO2/c1-9(2)6-7-13(17)14-11(4)12(16)8-10(3)15(14)18-5/h8-9H,6-7H2,1-5H3. The Kier molecular flexibility index (Phi) is 5.39. The van der Waals surface area contributed by atoms with Crippen LogP contribution in [0.2, 0.25) is 0 Å². The minimum atomic E-state index is 0.169. The second-order valence-electron chi connectivity index (χ2n) is 5.06. The number of benzene rings is 1. The Bertz CT molecular complexity index is 450. The van der Waals surface area contributed by atoms with Crippen LogP contribution in [-0.2, 0) is 0 Å². The molecule has 0 aliphatic heterocycles. The average Bonchev–Trinajstić information content (AvgIpc) is 2.30. The number of aryl methyl sites for hydroxylation is 1. The molecular formula is C15H21BrO2. The van der Waals surface area contributed by atoms with Crippen LogP contribution in [-0.4, -0.2) is 12.9 Å². The van der Waals surface area contributed by atoms with Crippen molar-refractivity contribution in [2.24, 2.45) is 5.92 Å². The maximum atomic E-state index is 12.4. The first-order valence-corrected chi connectivity index (χ1v) is 7.04. The highest BCUT2D eigenvalue weighted by Crippen LogP contribution is 2.33. The molecule has 100 valence electrons. The van der Waals surface area contributed by atoms with Gasteiger partial charge in [-0.3, -0.25) is 4.79 Å². The summed E-state index contributed by atoms with van der Waals surface area (Å²) in [5, 5.41) is 0. The predicted molar refractivity (Wildman–Crippen MR) is 78.6 cm³/mol. The van der Waals surface area contributed by atoms with Crippen LogP contribution in [0.25, 0.3) is 0 Å². The molecular weight excluding hydrogens is 292 g/mol. The van der Waals surface area contributed by atoms with Gasteiger partial charge in [0.1, 0.15) is 5.75 Å². The number of hydrogen-bond donors (Lipinski definition) is 0. The Labute approximate surface area is 118 Å². The highest BCUT2D eigenvalue weighted by Gasteiger charge is 2.19. The van der Waals surface area contributed by atoms with Crippen LogP contribution >= 0.6 is 15.9 Å². The van der Waals surface area contributed by atoms with Crippen molar-refractivity contribution in [3.05, 3.63) is 27.2 Å². The fraction of sp³-hybridized carbons (Fsp3) is 0.533. The predicted octanol–water partition coefficient (Wildman–Crippen LogP) is 4.69. The molecule has 1 rings (SSSR count). The quantitative estimate of drug-likeness (QED) is 0.737. The van der Waals surface area contributed by atoms with E-state index in [2.05, 4.69) is 29.8 Å². The van der Waals surface area contributed by atoms with Crippen LogP contribution in [0.4, 0.5) is 0 Å². The average molecular weight is 313 g/mol. The van der Waals surface area contributed by atoms with Gasteiger partial charge in [0.15, 0.2) is 5.78 Å². The molecule has 0 spiro atoms. The number of ketones is 1. The van der Waals surface area contributed by atoms with Gasteiger partial charge in [0.2, 0.25) is 0 Å². The minimum absolute atomic E-state index is 0.169. The van der Waals surface area contributed by atoms with Gasteiger partial charge < -0.3 is 4.74 Å². The lowest BCUT2D eigenvalue weighted by molar-refractivity contribution is 0.0971. The molecule has 0 N–H and O–H groups in total. The summed E-state index contributed by atoms with van der Waals surface area (Å²) in [7, 11) is 1.62. The molecule has 0 heterocycles. The summed E-state index contributed by atoms with van der Waals surface area (Å²) in [4.78, 5) is 12.4. The van der Waals surface area contributed by atoms with Crippen LogP contribution in [0.3, 0.4) is 0 Å². The second kappa shape index (κ2) is 6.37. The van der Waals surface area contributed by atoms with Crippen molar-refractivity contribution in [1.29, 1.82) is 0 Å². The van der Waals surface area contributed by atoms with E-state index in [4.69, 9.17) is 4.74 Å². The van der Waals surface area contributed by atoms with Gasteiger partial charge in [-0.05, 0) is 43.4 Å². The number of carbonyl (C=O) groups excluding carboxylic acids is 1. The molecule has 0 aliphatic rings. The summed E-state index contributed by atoms with van der Waals surface area (Å²) in [5.41, 5.74) is 2.68. The minimum Gasteiger partial charge on any atom is -0.496 e. The lowest BCUT2D eigenvalue weighted by Gasteiger charge is -2.15. The summed E-state index contributed by atoms with van der Waals surface area (Å²) >= 11 is 3.50. The first-order chi connectivity index (χ1) is 8.38. The zero-order valence-corrected chi connectivity index (χ0v) is 13.3. The molecule has 0 amide bonds. The molecule has 3 heteroatoms. The first-order valence-electron chi connectivity index (χ1n) is 6.25.